The van der Waals surface area contributed by atoms with Crippen LogP contribution in [0, 0.1) is 5.92 Å². The molecule has 0 aliphatic carbocycles. The number of rotatable bonds is 6. The van der Waals surface area contributed by atoms with E-state index in [1.807, 2.05) is 13.1 Å². The first-order valence-electron chi connectivity index (χ1n) is 6.43. The molecule has 0 radical (unpaired) electrons. The fourth-order valence-corrected chi connectivity index (χ4v) is 2.20. The lowest BCUT2D eigenvalue weighted by Crippen LogP contribution is -2.30. The van der Waals surface area contributed by atoms with Crippen molar-refractivity contribution in [2.75, 3.05) is 32.1 Å². The highest BCUT2D eigenvalue weighted by molar-refractivity contribution is 5.76. The van der Waals surface area contributed by atoms with Gasteiger partial charge in [0.25, 0.3) is 0 Å². The Balaban J connectivity index is 2.09. The van der Waals surface area contributed by atoms with Crippen LogP contribution in [-0.4, -0.2) is 32.2 Å². The third kappa shape index (κ3) is 2.82. The minimum atomic E-state index is 0.658. The van der Waals surface area contributed by atoms with E-state index in [4.69, 9.17) is 4.42 Å². The normalized spacial score (nSPS) is 12.8. The molecule has 0 aliphatic heterocycles. The van der Waals surface area contributed by atoms with Gasteiger partial charge in [-0.05, 0) is 31.6 Å². The lowest BCUT2D eigenvalue weighted by atomic mass is 10.1. The van der Waals surface area contributed by atoms with Gasteiger partial charge in [0, 0.05) is 25.3 Å². The van der Waals surface area contributed by atoms with E-state index in [-0.39, 0.29) is 0 Å². The highest BCUT2D eigenvalue weighted by Crippen LogP contribution is 2.21. The van der Waals surface area contributed by atoms with Crippen molar-refractivity contribution in [2.45, 2.75) is 13.3 Å². The van der Waals surface area contributed by atoms with Crippen LogP contribution in [0.4, 0.5) is 5.69 Å². The molecule has 0 saturated carbocycles. The monoisotopic (exact) mass is 247 g/mol. The molecule has 4 nitrogen and oxygen atoms in total. The number of nitrogens with one attached hydrogen (secondary N) is 1. The van der Waals surface area contributed by atoms with Crippen molar-refractivity contribution in [1.29, 1.82) is 0 Å². The van der Waals surface area contributed by atoms with Crippen molar-refractivity contribution in [1.82, 2.24) is 10.3 Å². The first-order chi connectivity index (χ1) is 8.74. The van der Waals surface area contributed by atoms with Gasteiger partial charge in [0.1, 0.15) is 5.52 Å². The molecular formula is C14H21N3O. The Morgan fingerprint density at radius 1 is 1.44 bits per heavy atom. The van der Waals surface area contributed by atoms with Crippen LogP contribution in [0.2, 0.25) is 0 Å². The quantitative estimate of drug-likeness (QED) is 0.851. The molecule has 2 rings (SSSR count). The number of aromatic nitrogens is 1. The molecule has 0 fully saturated rings. The molecule has 1 atom stereocenters. The molecule has 18 heavy (non-hydrogen) atoms. The van der Waals surface area contributed by atoms with Gasteiger partial charge in [-0.3, -0.25) is 0 Å². The summed E-state index contributed by atoms with van der Waals surface area (Å²) in [5.74, 6) is 0.658. The summed E-state index contributed by atoms with van der Waals surface area (Å²) in [7, 11) is 4.12. The highest BCUT2D eigenvalue weighted by Gasteiger charge is 2.10. The summed E-state index contributed by atoms with van der Waals surface area (Å²) in [5, 5.41) is 3.25. The van der Waals surface area contributed by atoms with Crippen LogP contribution >= 0.6 is 0 Å². The van der Waals surface area contributed by atoms with Gasteiger partial charge in [-0.15, -0.1) is 0 Å². The summed E-state index contributed by atoms with van der Waals surface area (Å²) in [6, 6.07) is 6.15. The third-order valence-electron chi connectivity index (χ3n) is 3.36. The lowest BCUT2D eigenvalue weighted by Gasteiger charge is -2.24. The second kappa shape index (κ2) is 5.87. The maximum Gasteiger partial charge on any atom is 0.181 e. The van der Waals surface area contributed by atoms with Gasteiger partial charge in [-0.2, -0.15) is 0 Å². The average molecular weight is 247 g/mol. The summed E-state index contributed by atoms with van der Waals surface area (Å²) in [4.78, 5) is 6.40. The smallest absolute Gasteiger partial charge is 0.181 e. The van der Waals surface area contributed by atoms with E-state index in [0.717, 1.165) is 24.2 Å². The fraction of sp³-hybridized carbons (Fsp3) is 0.500. The Bertz CT molecular complexity index is 494. The molecule has 0 amide bonds. The molecule has 2 aromatic rings. The summed E-state index contributed by atoms with van der Waals surface area (Å²) < 4.78 is 5.34. The molecule has 0 spiro atoms. The number of fused-ring (bicyclic) bond motifs is 1. The number of hydrogen-bond acceptors (Lipinski definition) is 4. The van der Waals surface area contributed by atoms with E-state index in [1.165, 1.54) is 18.5 Å². The molecule has 0 bridgehead atoms. The zero-order chi connectivity index (χ0) is 13.0. The Hall–Kier alpha value is -1.55. The number of hydrogen-bond donors (Lipinski definition) is 1. The number of nitrogens with zero attached hydrogens (tertiary/aromatic N) is 2. The number of oxazole rings is 1. The summed E-state index contributed by atoms with van der Waals surface area (Å²) >= 11 is 0. The third-order valence-corrected chi connectivity index (χ3v) is 3.36. The van der Waals surface area contributed by atoms with E-state index in [0.29, 0.717) is 5.92 Å². The molecule has 1 heterocycles. The van der Waals surface area contributed by atoms with Crippen LogP contribution < -0.4 is 10.2 Å². The SMILES string of the molecule is CCC(CNC)CN(C)c1ccc2ncoc2c1. The summed E-state index contributed by atoms with van der Waals surface area (Å²) in [5.41, 5.74) is 2.93. The Kier molecular flexibility index (Phi) is 4.20. The fourth-order valence-electron chi connectivity index (χ4n) is 2.20. The van der Waals surface area contributed by atoms with Crippen molar-refractivity contribution in [3.05, 3.63) is 24.6 Å². The van der Waals surface area contributed by atoms with Crippen LogP contribution in [-0.2, 0) is 0 Å². The van der Waals surface area contributed by atoms with Gasteiger partial charge in [0.15, 0.2) is 12.0 Å². The molecule has 1 aromatic heterocycles. The molecule has 98 valence electrons. The predicted molar refractivity (Wildman–Crippen MR) is 75.0 cm³/mol. The van der Waals surface area contributed by atoms with Crippen molar-refractivity contribution < 1.29 is 4.42 Å². The van der Waals surface area contributed by atoms with Crippen LogP contribution in [0.15, 0.2) is 29.0 Å². The number of benzene rings is 1. The van der Waals surface area contributed by atoms with Crippen molar-refractivity contribution in [3.8, 4) is 0 Å². The summed E-state index contributed by atoms with van der Waals surface area (Å²) in [6.07, 6.45) is 2.67. The first-order valence-corrected chi connectivity index (χ1v) is 6.43. The van der Waals surface area contributed by atoms with Gasteiger partial charge < -0.3 is 14.6 Å². The van der Waals surface area contributed by atoms with E-state index < -0.39 is 0 Å². The van der Waals surface area contributed by atoms with Crippen LogP contribution in [0.1, 0.15) is 13.3 Å². The van der Waals surface area contributed by atoms with Crippen LogP contribution in [0.25, 0.3) is 11.1 Å². The standard InChI is InChI=1S/C14H21N3O/c1-4-11(8-15-2)9-17(3)12-5-6-13-14(7-12)18-10-16-13/h5-7,10-11,15H,4,8-9H2,1-3H3. The molecule has 1 unspecified atom stereocenters. The van der Waals surface area contributed by atoms with Crippen molar-refractivity contribution >= 4 is 16.8 Å². The molecule has 0 aliphatic rings. The second-order valence-corrected chi connectivity index (χ2v) is 4.72. The zero-order valence-electron chi connectivity index (χ0n) is 11.3. The van der Waals surface area contributed by atoms with E-state index >= 15 is 0 Å². The minimum Gasteiger partial charge on any atom is -0.443 e. The van der Waals surface area contributed by atoms with E-state index in [9.17, 15) is 0 Å². The maximum absolute atomic E-state index is 5.34. The highest BCUT2D eigenvalue weighted by atomic mass is 16.3. The largest absolute Gasteiger partial charge is 0.443 e. The van der Waals surface area contributed by atoms with Crippen LogP contribution in [0.3, 0.4) is 0 Å². The van der Waals surface area contributed by atoms with Crippen molar-refractivity contribution in [2.24, 2.45) is 5.92 Å². The molecule has 4 heteroatoms. The predicted octanol–water partition coefficient (Wildman–Crippen LogP) is 2.51. The zero-order valence-corrected chi connectivity index (χ0v) is 11.3. The van der Waals surface area contributed by atoms with Gasteiger partial charge in [0.2, 0.25) is 0 Å². The molecular weight excluding hydrogens is 226 g/mol. The first kappa shape index (κ1) is 12.9. The van der Waals surface area contributed by atoms with E-state index in [2.05, 4.69) is 41.3 Å². The van der Waals surface area contributed by atoms with E-state index in [1.54, 1.807) is 0 Å². The molecule has 0 saturated heterocycles. The second-order valence-electron chi connectivity index (χ2n) is 4.72. The maximum atomic E-state index is 5.34. The lowest BCUT2D eigenvalue weighted by molar-refractivity contribution is 0.484. The van der Waals surface area contributed by atoms with Gasteiger partial charge in [-0.1, -0.05) is 13.3 Å². The van der Waals surface area contributed by atoms with Crippen molar-refractivity contribution in [3.63, 3.8) is 0 Å². The Labute approximate surface area is 108 Å². The number of anilines is 1. The summed E-state index contributed by atoms with van der Waals surface area (Å²) in [6.45, 7) is 4.32. The topological polar surface area (TPSA) is 41.3 Å². The van der Waals surface area contributed by atoms with Gasteiger partial charge in [-0.25, -0.2) is 4.98 Å². The molecule has 1 N–H and O–H groups in total. The Morgan fingerprint density at radius 2 is 2.28 bits per heavy atom. The van der Waals surface area contributed by atoms with Crippen LogP contribution in [0.5, 0.6) is 0 Å². The minimum absolute atomic E-state index is 0.658. The van der Waals surface area contributed by atoms with Gasteiger partial charge >= 0.3 is 0 Å². The Morgan fingerprint density at radius 3 is 3.00 bits per heavy atom. The van der Waals surface area contributed by atoms with Gasteiger partial charge in [0.05, 0.1) is 0 Å². The molecule has 1 aromatic carbocycles. The average Bonchev–Trinajstić information content (AvgIpc) is 2.85.